The second-order valence-electron chi connectivity index (χ2n) is 6.71. The molecule has 0 saturated heterocycles. The Hall–Kier alpha value is -3.79. The lowest BCUT2D eigenvalue weighted by atomic mass is 9.99. The summed E-state index contributed by atoms with van der Waals surface area (Å²) in [7, 11) is 0. The van der Waals surface area contributed by atoms with E-state index in [9.17, 15) is 4.79 Å². The molecule has 0 aliphatic carbocycles. The molecule has 0 atom stereocenters. The van der Waals surface area contributed by atoms with Gasteiger partial charge in [-0.15, -0.1) is 6.58 Å². The third-order valence-electron chi connectivity index (χ3n) is 4.99. The van der Waals surface area contributed by atoms with Crippen LogP contribution in [0.3, 0.4) is 0 Å². The van der Waals surface area contributed by atoms with Gasteiger partial charge in [0.1, 0.15) is 0 Å². The second-order valence-corrected chi connectivity index (χ2v) is 6.71. The molecule has 1 N–H and O–H groups in total. The number of hydrogen-bond acceptors (Lipinski definition) is 3. The predicted octanol–water partition coefficient (Wildman–Crippen LogP) is 5.01. The fourth-order valence-electron chi connectivity index (χ4n) is 3.69. The summed E-state index contributed by atoms with van der Waals surface area (Å²) >= 11 is 0. The van der Waals surface area contributed by atoms with Gasteiger partial charge in [-0.05, 0) is 29.0 Å². The molecule has 134 valence electrons. The maximum Gasteiger partial charge on any atom is 0.251 e. The zero-order chi connectivity index (χ0) is 19.1. The minimum Gasteiger partial charge on any atom is -0.349 e. The van der Waals surface area contributed by atoms with Crippen molar-refractivity contribution in [2.24, 2.45) is 0 Å². The fourth-order valence-corrected chi connectivity index (χ4v) is 3.69. The maximum absolute atomic E-state index is 12.3. The molecule has 1 heterocycles. The van der Waals surface area contributed by atoms with E-state index in [1.807, 2.05) is 30.3 Å². The van der Waals surface area contributed by atoms with Crippen LogP contribution in [0.25, 0.3) is 43.6 Å². The van der Waals surface area contributed by atoms with E-state index in [0.717, 1.165) is 32.7 Å². The second kappa shape index (κ2) is 6.43. The molecular weight excluding hydrogens is 346 g/mol. The quantitative estimate of drug-likeness (QED) is 0.279. The first-order valence-electron chi connectivity index (χ1n) is 9.16. The first-order chi connectivity index (χ1) is 13.8. The van der Waals surface area contributed by atoms with Crippen LogP contribution in [0.1, 0.15) is 10.4 Å². The number of nitrogens with one attached hydrogen (secondary N) is 1. The van der Waals surface area contributed by atoms with Crippen LogP contribution in [0.4, 0.5) is 0 Å². The Morgan fingerprint density at radius 2 is 1.39 bits per heavy atom. The Morgan fingerprint density at radius 1 is 0.821 bits per heavy atom. The molecule has 4 nitrogen and oxygen atoms in total. The van der Waals surface area contributed by atoms with Gasteiger partial charge in [0.25, 0.3) is 5.91 Å². The molecule has 5 rings (SSSR count). The molecule has 0 radical (unpaired) electrons. The molecule has 5 aromatic rings. The molecule has 0 bridgehead atoms. The summed E-state index contributed by atoms with van der Waals surface area (Å²) in [6, 6.07) is 22.0. The first-order valence-corrected chi connectivity index (χ1v) is 9.16. The Morgan fingerprint density at radius 3 is 2.00 bits per heavy atom. The molecule has 1 amide bonds. The average Bonchev–Trinajstić information content (AvgIpc) is 2.76. The van der Waals surface area contributed by atoms with E-state index in [1.165, 1.54) is 5.39 Å². The topological polar surface area (TPSA) is 54.9 Å². The monoisotopic (exact) mass is 363 g/mol. The third-order valence-corrected chi connectivity index (χ3v) is 4.99. The predicted molar refractivity (Wildman–Crippen MR) is 115 cm³/mol. The number of carbonyl (C=O) groups is 1. The van der Waals surface area contributed by atoms with Crippen LogP contribution in [-0.2, 0) is 0 Å². The molecule has 0 aliphatic heterocycles. The van der Waals surface area contributed by atoms with Crippen LogP contribution in [0.15, 0.2) is 79.4 Å². The van der Waals surface area contributed by atoms with Crippen molar-refractivity contribution in [1.82, 2.24) is 15.3 Å². The molecule has 0 aliphatic rings. The molecular formula is C24H17N3O. The van der Waals surface area contributed by atoms with Crippen LogP contribution < -0.4 is 5.32 Å². The summed E-state index contributed by atoms with van der Waals surface area (Å²) in [5, 5.41) is 7.26. The normalized spacial score (nSPS) is 11.3. The zero-order valence-electron chi connectivity index (χ0n) is 15.1. The van der Waals surface area contributed by atoms with E-state index in [2.05, 4.69) is 36.2 Å². The van der Waals surface area contributed by atoms with E-state index in [0.29, 0.717) is 17.6 Å². The lowest BCUT2D eigenvalue weighted by Gasteiger charge is -2.10. The van der Waals surface area contributed by atoms with E-state index in [4.69, 9.17) is 9.97 Å². The van der Waals surface area contributed by atoms with Gasteiger partial charge in [-0.3, -0.25) is 4.79 Å². The van der Waals surface area contributed by atoms with Gasteiger partial charge in [0.05, 0.1) is 22.1 Å². The zero-order valence-corrected chi connectivity index (χ0v) is 15.1. The number of nitrogens with zero attached hydrogens (tertiary/aromatic N) is 2. The molecule has 0 saturated carbocycles. The lowest BCUT2D eigenvalue weighted by molar-refractivity contribution is 0.0958. The minimum atomic E-state index is -0.146. The van der Waals surface area contributed by atoms with E-state index in [1.54, 1.807) is 18.2 Å². The van der Waals surface area contributed by atoms with Gasteiger partial charge < -0.3 is 5.32 Å². The number of benzene rings is 4. The summed E-state index contributed by atoms with van der Waals surface area (Å²) in [5.41, 5.74) is 3.77. The van der Waals surface area contributed by atoms with Crippen molar-refractivity contribution < 1.29 is 4.79 Å². The maximum atomic E-state index is 12.3. The van der Waals surface area contributed by atoms with Gasteiger partial charge in [-0.1, -0.05) is 54.6 Å². The summed E-state index contributed by atoms with van der Waals surface area (Å²) < 4.78 is 0. The van der Waals surface area contributed by atoms with Crippen LogP contribution >= 0.6 is 0 Å². The smallest absolute Gasteiger partial charge is 0.251 e. The largest absolute Gasteiger partial charge is 0.349 e. The highest BCUT2D eigenvalue weighted by Crippen LogP contribution is 2.33. The Kier molecular flexibility index (Phi) is 3.76. The number of aromatic nitrogens is 2. The van der Waals surface area contributed by atoms with Gasteiger partial charge in [-0.2, -0.15) is 0 Å². The SMILES string of the molecule is C=CCNC(=O)c1ccc2nc3c4ccccc4c4ccccc4c3nc2c1. The first kappa shape index (κ1) is 16.4. The lowest BCUT2D eigenvalue weighted by Crippen LogP contribution is -2.23. The summed E-state index contributed by atoms with van der Waals surface area (Å²) in [4.78, 5) is 22.1. The van der Waals surface area contributed by atoms with Crippen LogP contribution in [0.2, 0.25) is 0 Å². The molecule has 28 heavy (non-hydrogen) atoms. The standard InChI is InChI=1S/C24H17N3O/c1-2-13-25-24(28)15-11-12-20-21(14-15)27-23-19-10-6-4-8-17(19)16-7-3-5-9-18(16)22(23)26-20/h2-12,14H,1,13H2,(H,25,28). The van der Waals surface area contributed by atoms with Gasteiger partial charge in [0.2, 0.25) is 0 Å². The highest BCUT2D eigenvalue weighted by atomic mass is 16.1. The van der Waals surface area contributed by atoms with Crippen LogP contribution in [0, 0.1) is 0 Å². The van der Waals surface area contributed by atoms with E-state index in [-0.39, 0.29) is 5.91 Å². The number of carbonyl (C=O) groups excluding carboxylic acids is 1. The van der Waals surface area contributed by atoms with Crippen molar-refractivity contribution in [2.45, 2.75) is 0 Å². The Balaban J connectivity index is 1.84. The number of rotatable bonds is 3. The highest BCUT2D eigenvalue weighted by Gasteiger charge is 2.13. The molecule has 4 heteroatoms. The highest BCUT2D eigenvalue weighted by molar-refractivity contribution is 6.23. The Labute approximate surface area is 161 Å². The average molecular weight is 363 g/mol. The summed E-state index contributed by atoms with van der Waals surface area (Å²) in [6.07, 6.45) is 1.66. The minimum absolute atomic E-state index is 0.146. The summed E-state index contributed by atoms with van der Waals surface area (Å²) in [6.45, 7) is 4.05. The van der Waals surface area contributed by atoms with E-state index >= 15 is 0 Å². The van der Waals surface area contributed by atoms with Crippen molar-refractivity contribution in [3.63, 3.8) is 0 Å². The Bertz CT molecular complexity index is 1410. The van der Waals surface area contributed by atoms with Gasteiger partial charge in [0.15, 0.2) is 0 Å². The van der Waals surface area contributed by atoms with Gasteiger partial charge in [-0.25, -0.2) is 9.97 Å². The van der Waals surface area contributed by atoms with Gasteiger partial charge in [0, 0.05) is 22.9 Å². The third kappa shape index (κ3) is 2.50. The molecule has 0 spiro atoms. The van der Waals surface area contributed by atoms with Crippen molar-refractivity contribution in [3.05, 3.63) is 84.9 Å². The van der Waals surface area contributed by atoms with Crippen LogP contribution in [-0.4, -0.2) is 22.4 Å². The fraction of sp³-hybridized carbons (Fsp3) is 0.0417. The number of fused-ring (bicyclic) bond motifs is 7. The number of hydrogen-bond donors (Lipinski definition) is 1. The molecule has 0 fully saturated rings. The van der Waals surface area contributed by atoms with Gasteiger partial charge >= 0.3 is 0 Å². The molecule has 1 aromatic heterocycles. The number of amides is 1. The van der Waals surface area contributed by atoms with Crippen molar-refractivity contribution in [3.8, 4) is 0 Å². The molecule has 4 aromatic carbocycles. The van der Waals surface area contributed by atoms with Crippen LogP contribution in [0.5, 0.6) is 0 Å². The van der Waals surface area contributed by atoms with Crippen molar-refractivity contribution in [2.75, 3.05) is 6.54 Å². The van der Waals surface area contributed by atoms with E-state index < -0.39 is 0 Å². The summed E-state index contributed by atoms with van der Waals surface area (Å²) in [5.74, 6) is -0.146. The molecule has 0 unspecified atom stereocenters. The van der Waals surface area contributed by atoms with Crippen molar-refractivity contribution in [1.29, 1.82) is 0 Å². The van der Waals surface area contributed by atoms with Crippen molar-refractivity contribution >= 4 is 49.5 Å².